The predicted octanol–water partition coefficient (Wildman–Crippen LogP) is 8.95. The van der Waals surface area contributed by atoms with Gasteiger partial charge in [0.1, 0.15) is 11.4 Å². The summed E-state index contributed by atoms with van der Waals surface area (Å²) >= 11 is 1.78. The monoisotopic (exact) mass is 520 g/mol. The van der Waals surface area contributed by atoms with Crippen LogP contribution in [0.25, 0.3) is 11.1 Å². The Hall–Kier alpha value is -3.96. The minimum Gasteiger partial charge on any atom is -0.359 e. The van der Waals surface area contributed by atoms with E-state index in [4.69, 9.17) is 9.98 Å². The Balaban J connectivity index is 1.61. The van der Waals surface area contributed by atoms with Crippen molar-refractivity contribution in [2.45, 2.75) is 47.0 Å². The number of aromatic nitrogens is 2. The van der Waals surface area contributed by atoms with Crippen LogP contribution in [0.5, 0.6) is 0 Å². The number of hydrogen-bond acceptors (Lipinski definition) is 4. The van der Waals surface area contributed by atoms with Crippen molar-refractivity contribution in [1.29, 1.82) is 0 Å². The van der Waals surface area contributed by atoms with E-state index in [1.807, 2.05) is 31.2 Å². The second kappa shape index (κ2) is 12.1. The van der Waals surface area contributed by atoms with Gasteiger partial charge in [-0.1, -0.05) is 51.3 Å². The van der Waals surface area contributed by atoms with Crippen molar-refractivity contribution >= 4 is 33.9 Å². The van der Waals surface area contributed by atoms with Crippen molar-refractivity contribution in [3.8, 4) is 0 Å². The summed E-state index contributed by atoms with van der Waals surface area (Å²) in [4.78, 5) is 15.8. The van der Waals surface area contributed by atoms with Crippen LogP contribution in [0.15, 0.2) is 96.8 Å². The SMILES string of the molecule is C=C/C=C(/c1ccc(C)s1)c1cc(C2=Nc3ccc(C(/C=C(\C=C)NC(=C)CCCC)=C/C)nc32)[nH]c1C. The number of aliphatic imine (C=N–C) groups is 1. The standard InChI is InChI=1S/C33H36N4S/c1-8-12-14-21(5)34-25(11-4)19-24(10-3)28-16-17-29-32(36-28)33(37-29)30-20-27(23(7)35-30)26(13-9-2)31-18-15-22(6)38-31/h9-11,13,15-20,34-35H,2,4-5,8,12,14H2,1,3,6-7H3/b24-10+,25-19+,26-13+. The number of thiophene rings is 1. The van der Waals surface area contributed by atoms with E-state index in [1.165, 1.54) is 9.75 Å². The number of fused-ring (bicyclic) bond motifs is 1. The Morgan fingerprint density at radius 2 is 1.97 bits per heavy atom. The van der Waals surface area contributed by atoms with Crippen molar-refractivity contribution in [3.63, 3.8) is 0 Å². The van der Waals surface area contributed by atoms with Crippen molar-refractivity contribution in [2.24, 2.45) is 4.99 Å². The Kier molecular flexibility index (Phi) is 8.59. The number of hydrogen-bond donors (Lipinski definition) is 2. The molecule has 0 saturated heterocycles. The largest absolute Gasteiger partial charge is 0.359 e. The zero-order chi connectivity index (χ0) is 27.2. The molecule has 0 amide bonds. The number of allylic oxidation sites excluding steroid dienone is 7. The fourth-order valence-corrected chi connectivity index (χ4v) is 5.33. The average molecular weight is 521 g/mol. The van der Waals surface area contributed by atoms with Gasteiger partial charge in [0.25, 0.3) is 0 Å². The fourth-order valence-electron chi connectivity index (χ4n) is 4.43. The van der Waals surface area contributed by atoms with Gasteiger partial charge in [0.2, 0.25) is 0 Å². The van der Waals surface area contributed by atoms with Gasteiger partial charge in [-0.2, -0.15) is 0 Å². The van der Waals surface area contributed by atoms with Crippen LogP contribution in [0.3, 0.4) is 0 Å². The highest BCUT2D eigenvalue weighted by Gasteiger charge is 2.25. The molecule has 2 N–H and O–H groups in total. The number of aryl methyl sites for hydroxylation is 2. The Morgan fingerprint density at radius 3 is 2.63 bits per heavy atom. The van der Waals surface area contributed by atoms with E-state index in [0.717, 1.165) is 81.5 Å². The topological polar surface area (TPSA) is 53.1 Å². The second-order valence-electron chi connectivity index (χ2n) is 9.35. The Morgan fingerprint density at radius 1 is 1.16 bits per heavy atom. The van der Waals surface area contributed by atoms with Crippen LogP contribution in [-0.4, -0.2) is 15.7 Å². The van der Waals surface area contributed by atoms with Crippen LogP contribution >= 0.6 is 11.3 Å². The summed E-state index contributed by atoms with van der Waals surface area (Å²) in [5.74, 6) is 0. The second-order valence-corrected chi connectivity index (χ2v) is 10.6. The molecule has 0 bridgehead atoms. The van der Waals surface area contributed by atoms with Crippen molar-refractivity contribution < 1.29 is 0 Å². The molecule has 0 radical (unpaired) electrons. The highest BCUT2D eigenvalue weighted by molar-refractivity contribution is 7.13. The number of unbranched alkanes of at least 4 members (excludes halogenated alkanes) is 1. The van der Waals surface area contributed by atoms with Gasteiger partial charge in [0, 0.05) is 38.0 Å². The first-order valence-electron chi connectivity index (χ1n) is 13.0. The van der Waals surface area contributed by atoms with Gasteiger partial charge in [-0.05, 0) is 81.7 Å². The summed E-state index contributed by atoms with van der Waals surface area (Å²) < 4.78 is 0. The molecule has 0 aromatic carbocycles. The summed E-state index contributed by atoms with van der Waals surface area (Å²) in [7, 11) is 0. The summed E-state index contributed by atoms with van der Waals surface area (Å²) in [6.07, 6.45) is 13.1. The van der Waals surface area contributed by atoms with Gasteiger partial charge in [0.15, 0.2) is 0 Å². The lowest BCUT2D eigenvalue weighted by Crippen LogP contribution is -2.15. The first kappa shape index (κ1) is 27.1. The number of H-pyrrole nitrogens is 1. The van der Waals surface area contributed by atoms with Gasteiger partial charge in [-0.25, -0.2) is 9.98 Å². The van der Waals surface area contributed by atoms with Gasteiger partial charge < -0.3 is 10.3 Å². The summed E-state index contributed by atoms with van der Waals surface area (Å²) in [6.45, 7) is 20.5. The fraction of sp³-hybridized carbons (Fsp3) is 0.212. The van der Waals surface area contributed by atoms with Crippen LogP contribution in [-0.2, 0) is 0 Å². The lowest BCUT2D eigenvalue weighted by molar-refractivity contribution is 0.751. The molecule has 4 heterocycles. The maximum atomic E-state index is 5.01. The lowest BCUT2D eigenvalue weighted by atomic mass is 10.0. The third-order valence-electron chi connectivity index (χ3n) is 6.47. The summed E-state index contributed by atoms with van der Waals surface area (Å²) in [5, 5.41) is 3.40. The van der Waals surface area contributed by atoms with Crippen LogP contribution < -0.4 is 5.32 Å². The molecule has 5 heteroatoms. The van der Waals surface area contributed by atoms with E-state index in [0.29, 0.717) is 0 Å². The van der Waals surface area contributed by atoms with Crippen LogP contribution in [0, 0.1) is 13.8 Å². The van der Waals surface area contributed by atoms with Gasteiger partial charge >= 0.3 is 0 Å². The number of nitrogens with one attached hydrogen (secondary N) is 2. The molecule has 0 fully saturated rings. The van der Waals surface area contributed by atoms with Gasteiger partial charge in [-0.15, -0.1) is 11.3 Å². The molecule has 1 aliphatic rings. The smallest absolute Gasteiger partial charge is 0.117 e. The maximum absolute atomic E-state index is 5.01. The Labute approximate surface area is 230 Å². The van der Waals surface area contributed by atoms with Gasteiger partial charge in [-0.3, -0.25) is 0 Å². The summed E-state index contributed by atoms with van der Waals surface area (Å²) in [6, 6.07) is 10.6. The van der Waals surface area contributed by atoms with E-state index >= 15 is 0 Å². The van der Waals surface area contributed by atoms with E-state index in [1.54, 1.807) is 11.3 Å². The lowest BCUT2D eigenvalue weighted by Gasteiger charge is -2.18. The molecule has 3 aromatic rings. The van der Waals surface area contributed by atoms with E-state index < -0.39 is 0 Å². The number of aromatic amines is 1. The molecule has 0 atom stereocenters. The first-order valence-corrected chi connectivity index (χ1v) is 13.9. The first-order chi connectivity index (χ1) is 18.4. The number of rotatable bonds is 12. The average Bonchev–Trinajstić information content (AvgIpc) is 3.49. The molecule has 4 rings (SSSR count). The van der Waals surface area contributed by atoms with Crippen LogP contribution in [0.2, 0.25) is 0 Å². The molecule has 0 spiro atoms. The van der Waals surface area contributed by atoms with E-state index in [2.05, 4.69) is 87.2 Å². The number of nitrogens with zero attached hydrogens (tertiary/aromatic N) is 2. The molecule has 0 unspecified atom stereocenters. The normalized spacial score (nSPS) is 13.5. The maximum Gasteiger partial charge on any atom is 0.117 e. The minimum absolute atomic E-state index is 0.881. The molecule has 0 aliphatic carbocycles. The van der Waals surface area contributed by atoms with E-state index in [9.17, 15) is 0 Å². The molecular weight excluding hydrogens is 484 g/mol. The van der Waals surface area contributed by atoms with E-state index in [-0.39, 0.29) is 0 Å². The highest BCUT2D eigenvalue weighted by Crippen LogP contribution is 2.36. The summed E-state index contributed by atoms with van der Waals surface area (Å²) in [5.41, 5.74) is 10.9. The third-order valence-corrected chi connectivity index (χ3v) is 7.51. The van der Waals surface area contributed by atoms with Crippen LogP contribution in [0.1, 0.15) is 71.2 Å². The molecule has 194 valence electrons. The third kappa shape index (κ3) is 5.79. The zero-order valence-corrected chi connectivity index (χ0v) is 23.6. The van der Waals surface area contributed by atoms with Crippen LogP contribution in [0.4, 0.5) is 5.69 Å². The van der Waals surface area contributed by atoms with Crippen molar-refractivity contribution in [3.05, 3.63) is 130 Å². The zero-order valence-electron chi connectivity index (χ0n) is 22.8. The molecule has 4 nitrogen and oxygen atoms in total. The molecular formula is C33H36N4S. The Bertz CT molecular complexity index is 1500. The minimum atomic E-state index is 0.881. The van der Waals surface area contributed by atoms with Gasteiger partial charge in [0.05, 0.1) is 17.1 Å². The number of pyridine rings is 1. The quantitative estimate of drug-likeness (QED) is 0.183. The molecule has 38 heavy (non-hydrogen) atoms. The van der Waals surface area contributed by atoms with Crippen molar-refractivity contribution in [1.82, 2.24) is 15.3 Å². The predicted molar refractivity (Wildman–Crippen MR) is 165 cm³/mol. The van der Waals surface area contributed by atoms with Crippen molar-refractivity contribution in [2.75, 3.05) is 0 Å². The molecule has 1 aliphatic heterocycles. The molecule has 0 saturated carbocycles. The molecule has 3 aromatic heterocycles. The highest BCUT2D eigenvalue weighted by atomic mass is 32.1.